The van der Waals surface area contributed by atoms with E-state index in [-0.39, 0.29) is 12.0 Å². The van der Waals surface area contributed by atoms with Crippen LogP contribution in [0, 0.1) is 5.92 Å². The zero-order valence-electron chi connectivity index (χ0n) is 13.5. The van der Waals surface area contributed by atoms with E-state index in [1.54, 1.807) is 14.2 Å². The zero-order valence-corrected chi connectivity index (χ0v) is 13.5. The van der Waals surface area contributed by atoms with Crippen LogP contribution in [0.5, 0.6) is 0 Å². The molecule has 0 heterocycles. The number of hydrogen-bond acceptors (Lipinski definition) is 4. The van der Waals surface area contributed by atoms with Crippen LogP contribution in [0.15, 0.2) is 0 Å². The maximum Gasteiger partial charge on any atom is 0.196 e. The van der Waals surface area contributed by atoms with E-state index < -0.39 is 5.79 Å². The lowest BCUT2D eigenvalue weighted by Gasteiger charge is -2.42. The smallest absolute Gasteiger partial charge is 0.196 e. The molecule has 0 amide bonds. The SMILES string of the molecule is CCOC(OCC)(C(C)C)C(CCCCOC)OC. The summed E-state index contributed by atoms with van der Waals surface area (Å²) in [6, 6.07) is 0. The molecule has 0 aliphatic carbocycles. The van der Waals surface area contributed by atoms with Crippen LogP contribution in [0.3, 0.4) is 0 Å². The number of unbranched alkanes of at least 4 members (excludes halogenated alkanes) is 1. The second kappa shape index (κ2) is 10.6. The Labute approximate surface area is 118 Å². The Balaban J connectivity index is 4.73. The Bertz CT molecular complexity index is 200. The van der Waals surface area contributed by atoms with Crippen molar-refractivity contribution in [1.29, 1.82) is 0 Å². The Kier molecular flexibility index (Phi) is 10.5. The van der Waals surface area contributed by atoms with E-state index in [9.17, 15) is 0 Å². The van der Waals surface area contributed by atoms with Crippen molar-refractivity contribution in [2.24, 2.45) is 5.92 Å². The molecule has 0 aromatic heterocycles. The molecule has 0 rings (SSSR count). The third-order valence-electron chi connectivity index (χ3n) is 3.34. The van der Waals surface area contributed by atoms with Gasteiger partial charge in [0, 0.05) is 40.0 Å². The molecule has 0 fully saturated rings. The van der Waals surface area contributed by atoms with E-state index in [0.29, 0.717) is 13.2 Å². The number of methoxy groups -OCH3 is 2. The van der Waals surface area contributed by atoms with Gasteiger partial charge in [-0.05, 0) is 33.1 Å². The van der Waals surface area contributed by atoms with Gasteiger partial charge in [0.05, 0.1) is 0 Å². The first-order valence-corrected chi connectivity index (χ1v) is 7.38. The standard InChI is InChI=1S/C15H32O4/c1-7-18-15(13(3)4,19-8-2)14(17-6)11-9-10-12-16-5/h13-14H,7-12H2,1-6H3. The molecule has 0 saturated carbocycles. The molecule has 0 aromatic rings. The first-order chi connectivity index (χ1) is 9.08. The van der Waals surface area contributed by atoms with Crippen molar-refractivity contribution in [3.05, 3.63) is 0 Å². The molecule has 116 valence electrons. The van der Waals surface area contributed by atoms with E-state index in [2.05, 4.69) is 13.8 Å². The maximum absolute atomic E-state index is 5.96. The van der Waals surface area contributed by atoms with Gasteiger partial charge in [-0.15, -0.1) is 0 Å². The first kappa shape index (κ1) is 18.8. The van der Waals surface area contributed by atoms with Crippen molar-refractivity contribution in [2.45, 2.75) is 58.8 Å². The van der Waals surface area contributed by atoms with E-state index in [4.69, 9.17) is 18.9 Å². The van der Waals surface area contributed by atoms with Crippen LogP contribution >= 0.6 is 0 Å². The minimum Gasteiger partial charge on any atom is -0.385 e. The van der Waals surface area contributed by atoms with Crippen molar-refractivity contribution in [1.82, 2.24) is 0 Å². The summed E-state index contributed by atoms with van der Waals surface area (Å²) < 4.78 is 22.7. The van der Waals surface area contributed by atoms with Crippen LogP contribution in [0.1, 0.15) is 47.0 Å². The summed E-state index contributed by atoms with van der Waals surface area (Å²) >= 11 is 0. The third-order valence-corrected chi connectivity index (χ3v) is 3.34. The summed E-state index contributed by atoms with van der Waals surface area (Å²) in [5.74, 6) is -0.412. The van der Waals surface area contributed by atoms with Gasteiger partial charge in [0.1, 0.15) is 6.10 Å². The largest absolute Gasteiger partial charge is 0.385 e. The monoisotopic (exact) mass is 276 g/mol. The van der Waals surface area contributed by atoms with E-state index in [1.165, 1.54) is 0 Å². The number of ether oxygens (including phenoxy) is 4. The van der Waals surface area contributed by atoms with Crippen LogP contribution in [0.4, 0.5) is 0 Å². The van der Waals surface area contributed by atoms with Crippen LogP contribution < -0.4 is 0 Å². The van der Waals surface area contributed by atoms with E-state index in [1.807, 2.05) is 13.8 Å². The second-order valence-corrected chi connectivity index (χ2v) is 4.96. The lowest BCUT2D eigenvalue weighted by molar-refractivity contribution is -0.307. The quantitative estimate of drug-likeness (QED) is 0.405. The maximum atomic E-state index is 5.96. The molecular formula is C15H32O4. The van der Waals surface area contributed by atoms with Crippen LogP contribution in [-0.2, 0) is 18.9 Å². The Morgan fingerprint density at radius 2 is 1.53 bits per heavy atom. The van der Waals surface area contributed by atoms with E-state index in [0.717, 1.165) is 25.9 Å². The lowest BCUT2D eigenvalue weighted by atomic mass is 9.92. The Morgan fingerprint density at radius 1 is 0.947 bits per heavy atom. The zero-order chi connectivity index (χ0) is 14.7. The molecule has 4 nitrogen and oxygen atoms in total. The van der Waals surface area contributed by atoms with Crippen molar-refractivity contribution >= 4 is 0 Å². The minimum absolute atomic E-state index is 0.0516. The molecule has 0 radical (unpaired) electrons. The van der Waals surface area contributed by atoms with Gasteiger partial charge >= 0.3 is 0 Å². The van der Waals surface area contributed by atoms with Gasteiger partial charge in [0.2, 0.25) is 0 Å². The van der Waals surface area contributed by atoms with Crippen LogP contribution in [-0.4, -0.2) is 45.9 Å². The molecular weight excluding hydrogens is 244 g/mol. The second-order valence-electron chi connectivity index (χ2n) is 4.96. The Hall–Kier alpha value is -0.160. The van der Waals surface area contributed by atoms with Crippen molar-refractivity contribution in [3.63, 3.8) is 0 Å². The fraction of sp³-hybridized carbons (Fsp3) is 1.00. The lowest BCUT2D eigenvalue weighted by Crippen LogP contribution is -2.52. The van der Waals surface area contributed by atoms with Crippen LogP contribution in [0.2, 0.25) is 0 Å². The molecule has 1 unspecified atom stereocenters. The van der Waals surface area contributed by atoms with Gasteiger partial charge in [-0.3, -0.25) is 0 Å². The summed E-state index contributed by atoms with van der Waals surface area (Å²) in [5.41, 5.74) is 0. The van der Waals surface area contributed by atoms with Gasteiger partial charge in [0.15, 0.2) is 5.79 Å². The topological polar surface area (TPSA) is 36.9 Å². The summed E-state index contributed by atoms with van der Waals surface area (Å²) in [6.45, 7) is 10.3. The van der Waals surface area contributed by atoms with Crippen LogP contribution in [0.25, 0.3) is 0 Å². The predicted molar refractivity (Wildman–Crippen MR) is 77.3 cm³/mol. The average Bonchev–Trinajstić information content (AvgIpc) is 2.38. The first-order valence-electron chi connectivity index (χ1n) is 7.38. The molecule has 4 heteroatoms. The number of hydrogen-bond donors (Lipinski definition) is 0. The van der Waals surface area contributed by atoms with Crippen molar-refractivity contribution in [2.75, 3.05) is 34.0 Å². The molecule has 0 aliphatic rings. The van der Waals surface area contributed by atoms with Crippen molar-refractivity contribution in [3.8, 4) is 0 Å². The molecule has 0 N–H and O–H groups in total. The fourth-order valence-corrected chi connectivity index (χ4v) is 2.44. The molecule has 0 bridgehead atoms. The van der Waals surface area contributed by atoms with Gasteiger partial charge in [-0.1, -0.05) is 13.8 Å². The highest BCUT2D eigenvalue weighted by Crippen LogP contribution is 2.32. The summed E-state index contributed by atoms with van der Waals surface area (Å²) in [4.78, 5) is 0. The van der Waals surface area contributed by atoms with Gasteiger partial charge in [-0.2, -0.15) is 0 Å². The average molecular weight is 276 g/mol. The van der Waals surface area contributed by atoms with E-state index >= 15 is 0 Å². The predicted octanol–water partition coefficient (Wildman–Crippen LogP) is 3.24. The highest BCUT2D eigenvalue weighted by atomic mass is 16.7. The highest BCUT2D eigenvalue weighted by molar-refractivity contribution is 4.84. The van der Waals surface area contributed by atoms with Gasteiger partial charge in [-0.25, -0.2) is 0 Å². The molecule has 0 aromatic carbocycles. The fourth-order valence-electron chi connectivity index (χ4n) is 2.44. The van der Waals surface area contributed by atoms with Crippen molar-refractivity contribution < 1.29 is 18.9 Å². The number of rotatable bonds is 12. The van der Waals surface area contributed by atoms with Gasteiger partial charge in [0.25, 0.3) is 0 Å². The minimum atomic E-state index is -0.647. The summed E-state index contributed by atoms with van der Waals surface area (Å²) in [5, 5.41) is 0. The highest BCUT2D eigenvalue weighted by Gasteiger charge is 2.43. The Morgan fingerprint density at radius 3 is 1.89 bits per heavy atom. The van der Waals surface area contributed by atoms with Gasteiger partial charge < -0.3 is 18.9 Å². The molecule has 0 aliphatic heterocycles. The molecule has 19 heavy (non-hydrogen) atoms. The summed E-state index contributed by atoms with van der Waals surface area (Å²) in [7, 11) is 3.46. The summed E-state index contributed by atoms with van der Waals surface area (Å²) in [6.07, 6.45) is 2.94. The third kappa shape index (κ3) is 5.78. The normalized spacial score (nSPS) is 14.1. The molecule has 1 atom stereocenters. The molecule has 0 saturated heterocycles. The molecule has 0 spiro atoms.